The number of nitrogens with one attached hydrogen (secondary N) is 4. The largest absolute Gasteiger partial charge is 0.383 e. The zero-order valence-corrected chi connectivity index (χ0v) is 27.4. The van der Waals surface area contributed by atoms with E-state index in [1.165, 1.54) is 12.1 Å². The maximum atomic E-state index is 13.6. The number of carbonyl (C=O) groups is 5. The lowest BCUT2D eigenvalue weighted by Gasteiger charge is -2.29. The van der Waals surface area contributed by atoms with Crippen LogP contribution in [0.25, 0.3) is 0 Å². The number of hydrogen-bond acceptors (Lipinski definition) is 8. The van der Waals surface area contributed by atoms with Crippen LogP contribution in [-0.2, 0) is 34.1 Å². The van der Waals surface area contributed by atoms with Gasteiger partial charge in [-0.3, -0.25) is 24.0 Å². The fraction of sp³-hybridized carbons (Fsp3) is 0.633. The highest BCUT2D eigenvalue weighted by Gasteiger charge is 2.37. The summed E-state index contributed by atoms with van der Waals surface area (Å²) in [4.78, 5) is 64.9. The summed E-state index contributed by atoms with van der Waals surface area (Å²) in [6.45, 7) is 8.04. The Hall–Kier alpha value is -3.19. The van der Waals surface area contributed by atoms with Crippen molar-refractivity contribution in [3.8, 4) is 5.75 Å². The molecule has 4 N–H and O–H groups in total. The second kappa shape index (κ2) is 14.7. The highest BCUT2D eigenvalue weighted by molar-refractivity contribution is 7.86. The lowest BCUT2D eigenvalue weighted by atomic mass is 9.87. The molecule has 4 atom stereocenters. The third kappa shape index (κ3) is 11.1. The van der Waals surface area contributed by atoms with Gasteiger partial charge in [-0.2, -0.15) is 8.42 Å². The van der Waals surface area contributed by atoms with E-state index in [1.54, 1.807) is 6.07 Å². The minimum absolute atomic E-state index is 0.0230. The maximum absolute atomic E-state index is 13.6. The van der Waals surface area contributed by atoms with Gasteiger partial charge in [0.1, 0.15) is 11.8 Å². The fourth-order valence-corrected chi connectivity index (χ4v) is 5.92. The Morgan fingerprint density at radius 3 is 2.30 bits per heavy atom. The molecule has 12 nitrogen and oxygen atoms in total. The van der Waals surface area contributed by atoms with E-state index in [0.29, 0.717) is 24.9 Å². The van der Waals surface area contributed by atoms with Gasteiger partial charge in [0.2, 0.25) is 23.5 Å². The first-order valence-corrected chi connectivity index (χ1v) is 17.1. The number of ketones is 1. The third-order valence-electron chi connectivity index (χ3n) is 7.50. The summed E-state index contributed by atoms with van der Waals surface area (Å²) in [7, 11) is -3.74. The minimum Gasteiger partial charge on any atom is -0.383 e. The highest BCUT2D eigenvalue weighted by Crippen LogP contribution is 2.33. The van der Waals surface area contributed by atoms with Crippen molar-refractivity contribution >= 4 is 51.1 Å². The molecule has 0 spiro atoms. The topological polar surface area (TPSA) is 177 Å². The van der Waals surface area contributed by atoms with E-state index in [0.717, 1.165) is 19.1 Å². The van der Waals surface area contributed by atoms with Crippen LogP contribution in [0.5, 0.6) is 5.75 Å². The van der Waals surface area contributed by atoms with E-state index in [4.69, 9.17) is 15.8 Å². The summed E-state index contributed by atoms with van der Waals surface area (Å²) in [5.41, 5.74) is 0.219. The molecular weight excluding hydrogens is 612 g/mol. The number of Topliss-reactive ketones (excluding diaryl/α,β-unsaturated/α-hetero) is 1. The van der Waals surface area contributed by atoms with Crippen LogP contribution in [0.15, 0.2) is 18.2 Å². The number of rotatable bonds is 15. The van der Waals surface area contributed by atoms with Crippen molar-refractivity contribution in [3.63, 3.8) is 0 Å². The molecule has 2 aliphatic rings. The molecule has 44 heavy (non-hydrogen) atoms. The van der Waals surface area contributed by atoms with Gasteiger partial charge < -0.3 is 25.5 Å². The van der Waals surface area contributed by atoms with Crippen molar-refractivity contribution in [2.75, 3.05) is 12.8 Å². The Labute approximate surface area is 263 Å². The molecule has 0 aromatic heterocycles. The van der Waals surface area contributed by atoms with Crippen molar-refractivity contribution in [3.05, 3.63) is 28.8 Å². The second-order valence-corrected chi connectivity index (χ2v) is 14.8. The van der Waals surface area contributed by atoms with Crippen molar-refractivity contribution in [2.45, 2.75) is 96.7 Å². The average Bonchev–Trinajstić information content (AvgIpc) is 3.63. The van der Waals surface area contributed by atoms with Crippen LogP contribution in [-0.4, -0.2) is 68.8 Å². The Kier molecular flexibility index (Phi) is 11.8. The van der Waals surface area contributed by atoms with E-state index in [2.05, 4.69) is 21.3 Å². The minimum atomic E-state index is -3.74. The van der Waals surface area contributed by atoms with Crippen molar-refractivity contribution < 1.29 is 36.6 Å². The van der Waals surface area contributed by atoms with Crippen LogP contribution in [0.2, 0.25) is 5.02 Å². The summed E-state index contributed by atoms with van der Waals surface area (Å²) in [6, 6.07) is 2.11. The van der Waals surface area contributed by atoms with Gasteiger partial charge in [0.25, 0.3) is 5.91 Å². The van der Waals surface area contributed by atoms with E-state index in [-0.39, 0.29) is 47.9 Å². The van der Waals surface area contributed by atoms with Crippen LogP contribution in [0.3, 0.4) is 0 Å². The fourth-order valence-electron chi connectivity index (χ4n) is 5.14. The maximum Gasteiger partial charge on any atom is 0.306 e. The smallest absolute Gasteiger partial charge is 0.306 e. The first-order chi connectivity index (χ1) is 20.5. The van der Waals surface area contributed by atoms with Gasteiger partial charge in [0.05, 0.1) is 12.3 Å². The van der Waals surface area contributed by atoms with Gasteiger partial charge in [-0.15, -0.1) is 0 Å². The molecule has 0 radical (unpaired) electrons. The first-order valence-electron chi connectivity index (χ1n) is 14.9. The summed E-state index contributed by atoms with van der Waals surface area (Å²) in [5.74, 6) is -3.76. The molecule has 1 aromatic rings. The van der Waals surface area contributed by atoms with Crippen molar-refractivity contribution in [2.24, 2.45) is 11.3 Å². The van der Waals surface area contributed by atoms with E-state index >= 15 is 0 Å². The van der Waals surface area contributed by atoms with Gasteiger partial charge >= 0.3 is 10.1 Å². The molecule has 244 valence electrons. The Morgan fingerprint density at radius 1 is 1.09 bits per heavy atom. The van der Waals surface area contributed by atoms with Gasteiger partial charge in [0, 0.05) is 36.0 Å². The number of benzene rings is 1. The lowest BCUT2D eigenvalue weighted by Crippen LogP contribution is -2.55. The summed E-state index contributed by atoms with van der Waals surface area (Å²) in [5, 5.41) is 11.1. The molecule has 1 saturated carbocycles. The number of carbonyl (C=O) groups excluding carboxylic acids is 5. The van der Waals surface area contributed by atoms with E-state index in [1.807, 2.05) is 27.7 Å². The summed E-state index contributed by atoms with van der Waals surface area (Å²) >= 11 is 6.42. The number of halogens is 1. The van der Waals surface area contributed by atoms with Crippen LogP contribution >= 0.6 is 11.6 Å². The van der Waals surface area contributed by atoms with Crippen molar-refractivity contribution in [1.29, 1.82) is 0 Å². The van der Waals surface area contributed by atoms with E-state index in [9.17, 15) is 32.4 Å². The monoisotopic (exact) mass is 654 g/mol. The van der Waals surface area contributed by atoms with Crippen LogP contribution in [0.4, 0.5) is 0 Å². The molecule has 14 heteroatoms. The van der Waals surface area contributed by atoms with Gasteiger partial charge in [-0.05, 0) is 61.5 Å². The quantitative estimate of drug-likeness (QED) is 0.164. The molecule has 1 heterocycles. The molecule has 1 unspecified atom stereocenters. The second-order valence-electron chi connectivity index (χ2n) is 12.9. The molecule has 2 fully saturated rings. The zero-order valence-electron chi connectivity index (χ0n) is 25.8. The average molecular weight is 655 g/mol. The SMILES string of the molecule is CC[C@H](CC(=O)N[C@@H](CC(C)(C)C)C(=O)NC(C[C@@H]1CCNC1=O)C(=O)C(=O)NC1CC1)c1ccc(OS(C)(=O)=O)cc1Cl. The van der Waals surface area contributed by atoms with Crippen LogP contribution in [0, 0.1) is 11.3 Å². The molecule has 0 bridgehead atoms. The molecule has 1 saturated heterocycles. The molecule has 4 amide bonds. The van der Waals surface area contributed by atoms with Gasteiger partial charge in [-0.25, -0.2) is 0 Å². The van der Waals surface area contributed by atoms with E-state index < -0.39 is 57.0 Å². The molecule has 1 aliphatic heterocycles. The Bertz CT molecular complexity index is 1370. The highest BCUT2D eigenvalue weighted by atomic mass is 35.5. The van der Waals surface area contributed by atoms with Gasteiger partial charge in [0.15, 0.2) is 0 Å². The number of amides is 4. The standard InChI is InChI=1S/C30H43ClN4O8S/c1-6-17(21-10-9-20(15-22(21)31)43-44(5,41)42)14-25(36)34-24(16-30(2,3)4)28(39)35-23(13-18-11-12-32-27(18)38)26(37)29(40)33-19-7-8-19/h9-10,15,17-19,23-24H,6-8,11-14,16H2,1-5H3,(H,32,38)(H,33,40)(H,34,36)(H,35,39)/t17-,18+,23?,24+/m1/s1. The first kappa shape index (κ1) is 35.3. The van der Waals surface area contributed by atoms with Crippen molar-refractivity contribution in [1.82, 2.24) is 21.3 Å². The third-order valence-corrected chi connectivity index (χ3v) is 8.33. The van der Waals surface area contributed by atoms with Crippen LogP contribution in [0.1, 0.15) is 84.1 Å². The molecule has 1 aromatic carbocycles. The number of hydrogen-bond donors (Lipinski definition) is 4. The molecule has 1 aliphatic carbocycles. The normalized spacial score (nSPS) is 18.9. The molecular formula is C30H43ClN4O8S. The lowest BCUT2D eigenvalue weighted by molar-refractivity contribution is -0.141. The molecule has 3 rings (SSSR count). The predicted octanol–water partition coefficient (Wildman–Crippen LogP) is 2.34. The van der Waals surface area contributed by atoms with Gasteiger partial charge in [-0.1, -0.05) is 45.4 Å². The van der Waals surface area contributed by atoms with Crippen LogP contribution < -0.4 is 25.5 Å². The predicted molar refractivity (Wildman–Crippen MR) is 164 cm³/mol. The summed E-state index contributed by atoms with van der Waals surface area (Å²) < 4.78 is 27.8. The Balaban J connectivity index is 1.75. The zero-order chi connectivity index (χ0) is 32.8. The summed E-state index contributed by atoms with van der Waals surface area (Å²) in [6.07, 6.45) is 3.67. The Morgan fingerprint density at radius 2 is 1.77 bits per heavy atom.